The number of rotatable bonds is 1. The Hall–Kier alpha value is -1.53. The van der Waals surface area contributed by atoms with E-state index in [1.54, 1.807) is 0 Å². The third-order valence-electron chi connectivity index (χ3n) is 4.01. The van der Waals surface area contributed by atoms with Crippen LogP contribution < -0.4 is 0 Å². The number of benzene rings is 1. The van der Waals surface area contributed by atoms with Gasteiger partial charge in [-0.15, -0.1) is 0 Å². The summed E-state index contributed by atoms with van der Waals surface area (Å²) in [4.78, 5) is 13.7. The van der Waals surface area contributed by atoms with E-state index in [4.69, 9.17) is 9.47 Å². The van der Waals surface area contributed by atoms with Gasteiger partial charge in [-0.1, -0.05) is 6.07 Å². The lowest BCUT2D eigenvalue weighted by Crippen LogP contribution is -2.51. The number of hydrogen-bond donors (Lipinski definition) is 0. The molecule has 1 spiro atoms. The molecule has 1 aromatic rings. The van der Waals surface area contributed by atoms with Crippen LogP contribution in [0.25, 0.3) is 0 Å². The van der Waals surface area contributed by atoms with Crippen LogP contribution in [0.5, 0.6) is 0 Å². The predicted octanol–water partition coefficient (Wildman–Crippen LogP) is 2.33. The number of piperidine rings is 1. The van der Waals surface area contributed by atoms with Crippen molar-refractivity contribution in [2.45, 2.75) is 25.0 Å². The zero-order chi connectivity index (χ0) is 14.9. The van der Waals surface area contributed by atoms with Gasteiger partial charge in [0.05, 0.1) is 13.2 Å². The van der Waals surface area contributed by atoms with Crippen molar-refractivity contribution in [2.24, 2.45) is 0 Å². The van der Waals surface area contributed by atoms with Crippen LogP contribution in [0.3, 0.4) is 0 Å². The third kappa shape index (κ3) is 2.78. The molecule has 0 aromatic heterocycles. The number of hydrogen-bond acceptors (Lipinski definition) is 3. The van der Waals surface area contributed by atoms with Gasteiger partial charge in [-0.05, 0) is 18.6 Å². The fourth-order valence-electron chi connectivity index (χ4n) is 2.82. The maximum absolute atomic E-state index is 13.7. The van der Waals surface area contributed by atoms with E-state index in [1.807, 2.05) is 0 Å². The second-order valence-corrected chi connectivity index (χ2v) is 5.35. The number of halogens is 2. The molecule has 0 aliphatic carbocycles. The van der Waals surface area contributed by atoms with Crippen LogP contribution in [0.4, 0.5) is 8.78 Å². The van der Waals surface area contributed by atoms with E-state index in [1.165, 1.54) is 11.0 Å². The van der Waals surface area contributed by atoms with Crippen molar-refractivity contribution in [3.05, 3.63) is 35.4 Å². The Morgan fingerprint density at radius 2 is 1.67 bits per heavy atom. The summed E-state index contributed by atoms with van der Waals surface area (Å²) in [6, 6.07) is 3.43. The van der Waals surface area contributed by atoms with E-state index in [9.17, 15) is 13.6 Å². The molecule has 2 aliphatic rings. The van der Waals surface area contributed by atoms with Crippen molar-refractivity contribution in [1.82, 2.24) is 4.90 Å². The summed E-state index contributed by atoms with van der Waals surface area (Å²) in [7, 11) is 0. The third-order valence-corrected chi connectivity index (χ3v) is 4.01. The number of carbonyl (C=O) groups excluding carboxylic acids is 1. The SMILES string of the molecule is O=C(c1c(F)cccc1F)N1CCC2(CC1)OCCCO2. The molecule has 2 saturated heterocycles. The van der Waals surface area contributed by atoms with Gasteiger partial charge < -0.3 is 14.4 Å². The van der Waals surface area contributed by atoms with E-state index >= 15 is 0 Å². The summed E-state index contributed by atoms with van der Waals surface area (Å²) < 4.78 is 38.7. The molecule has 1 amide bonds. The van der Waals surface area contributed by atoms with Crippen LogP contribution in [0, 0.1) is 11.6 Å². The average Bonchev–Trinajstić information content (AvgIpc) is 2.48. The fourth-order valence-corrected chi connectivity index (χ4v) is 2.82. The summed E-state index contributed by atoms with van der Waals surface area (Å²) >= 11 is 0. The number of likely N-dealkylation sites (tertiary alicyclic amines) is 1. The number of nitrogens with zero attached hydrogens (tertiary/aromatic N) is 1. The highest BCUT2D eigenvalue weighted by Gasteiger charge is 2.40. The number of ether oxygens (including phenoxy) is 2. The highest BCUT2D eigenvalue weighted by molar-refractivity contribution is 5.94. The zero-order valence-electron chi connectivity index (χ0n) is 11.6. The highest BCUT2D eigenvalue weighted by atomic mass is 19.1. The molecule has 0 saturated carbocycles. The first-order chi connectivity index (χ1) is 10.1. The summed E-state index contributed by atoms with van der Waals surface area (Å²) in [6.07, 6.45) is 1.91. The molecule has 3 rings (SSSR count). The minimum Gasteiger partial charge on any atom is -0.350 e. The van der Waals surface area contributed by atoms with Gasteiger partial charge >= 0.3 is 0 Å². The zero-order valence-corrected chi connectivity index (χ0v) is 11.6. The molecule has 2 heterocycles. The minimum absolute atomic E-state index is 0.368. The van der Waals surface area contributed by atoms with Gasteiger partial charge in [0.1, 0.15) is 17.2 Å². The van der Waals surface area contributed by atoms with Crippen molar-refractivity contribution < 1.29 is 23.0 Å². The molecule has 1 aromatic carbocycles. The lowest BCUT2D eigenvalue weighted by molar-refractivity contribution is -0.281. The van der Waals surface area contributed by atoms with Crippen LogP contribution in [0.1, 0.15) is 29.6 Å². The quantitative estimate of drug-likeness (QED) is 0.798. The first-order valence-corrected chi connectivity index (χ1v) is 7.12. The molecule has 114 valence electrons. The topological polar surface area (TPSA) is 38.8 Å². The molecule has 0 unspecified atom stereocenters. The summed E-state index contributed by atoms with van der Waals surface area (Å²) in [6.45, 7) is 2.03. The molecule has 21 heavy (non-hydrogen) atoms. The Labute approximate surface area is 121 Å². The van der Waals surface area contributed by atoms with Gasteiger partial charge in [-0.3, -0.25) is 4.79 Å². The van der Waals surface area contributed by atoms with Crippen LogP contribution in [-0.4, -0.2) is 42.9 Å². The van der Waals surface area contributed by atoms with Gasteiger partial charge in [0, 0.05) is 25.9 Å². The second-order valence-electron chi connectivity index (χ2n) is 5.35. The van der Waals surface area contributed by atoms with Crippen LogP contribution in [-0.2, 0) is 9.47 Å². The normalized spacial score (nSPS) is 21.5. The van der Waals surface area contributed by atoms with Gasteiger partial charge in [0.2, 0.25) is 0 Å². The molecule has 4 nitrogen and oxygen atoms in total. The van der Waals surface area contributed by atoms with E-state index in [0.29, 0.717) is 39.1 Å². The standard InChI is InChI=1S/C15H17F2NO3/c16-11-3-1-4-12(17)13(11)14(19)18-7-5-15(6-8-18)20-9-2-10-21-15/h1,3-4H,2,5-10H2. The van der Waals surface area contributed by atoms with Crippen molar-refractivity contribution >= 4 is 5.91 Å². The van der Waals surface area contributed by atoms with Crippen LogP contribution >= 0.6 is 0 Å². The Bertz CT molecular complexity index is 513. The van der Waals surface area contributed by atoms with Gasteiger partial charge in [0.25, 0.3) is 5.91 Å². The lowest BCUT2D eigenvalue weighted by Gasteiger charge is -2.43. The van der Waals surface area contributed by atoms with Crippen molar-refractivity contribution in [1.29, 1.82) is 0 Å². The van der Waals surface area contributed by atoms with Crippen molar-refractivity contribution in [3.63, 3.8) is 0 Å². The molecule has 2 aliphatic heterocycles. The second kappa shape index (κ2) is 5.69. The monoisotopic (exact) mass is 297 g/mol. The van der Waals surface area contributed by atoms with E-state index in [2.05, 4.69) is 0 Å². The maximum Gasteiger partial charge on any atom is 0.259 e. The molecular weight excluding hydrogens is 280 g/mol. The van der Waals surface area contributed by atoms with Crippen molar-refractivity contribution in [3.8, 4) is 0 Å². The first-order valence-electron chi connectivity index (χ1n) is 7.12. The van der Waals surface area contributed by atoms with E-state index in [0.717, 1.165) is 18.6 Å². The molecule has 0 atom stereocenters. The van der Waals surface area contributed by atoms with Gasteiger partial charge in [-0.25, -0.2) is 8.78 Å². The maximum atomic E-state index is 13.7. The van der Waals surface area contributed by atoms with Crippen LogP contribution in [0.2, 0.25) is 0 Å². The number of carbonyl (C=O) groups is 1. The fraction of sp³-hybridized carbons (Fsp3) is 0.533. The largest absolute Gasteiger partial charge is 0.350 e. The van der Waals surface area contributed by atoms with Crippen LogP contribution in [0.15, 0.2) is 18.2 Å². The average molecular weight is 297 g/mol. The van der Waals surface area contributed by atoms with E-state index in [-0.39, 0.29) is 0 Å². The molecule has 6 heteroatoms. The smallest absolute Gasteiger partial charge is 0.259 e. The Balaban J connectivity index is 1.70. The molecule has 0 bridgehead atoms. The van der Waals surface area contributed by atoms with E-state index < -0.39 is 28.9 Å². The Kier molecular flexibility index (Phi) is 3.91. The van der Waals surface area contributed by atoms with Gasteiger partial charge in [0.15, 0.2) is 5.79 Å². The molecule has 0 N–H and O–H groups in total. The summed E-state index contributed by atoms with van der Waals surface area (Å²) in [5, 5.41) is 0. The number of amides is 1. The lowest BCUT2D eigenvalue weighted by atomic mass is 10.0. The summed E-state index contributed by atoms with van der Waals surface area (Å²) in [5.41, 5.74) is -0.487. The molecule has 0 radical (unpaired) electrons. The summed E-state index contributed by atoms with van der Waals surface area (Å²) in [5.74, 6) is -2.89. The molecule has 2 fully saturated rings. The first kappa shape index (κ1) is 14.4. The Morgan fingerprint density at radius 3 is 2.24 bits per heavy atom. The van der Waals surface area contributed by atoms with Gasteiger partial charge in [-0.2, -0.15) is 0 Å². The highest BCUT2D eigenvalue weighted by Crippen LogP contribution is 2.31. The van der Waals surface area contributed by atoms with Crippen molar-refractivity contribution in [2.75, 3.05) is 26.3 Å². The minimum atomic E-state index is -0.828. The predicted molar refractivity (Wildman–Crippen MR) is 70.7 cm³/mol. The molecular formula is C15H17F2NO3. The Morgan fingerprint density at radius 1 is 1.10 bits per heavy atom.